The third-order valence-electron chi connectivity index (χ3n) is 3.87. The highest BCUT2D eigenvalue weighted by Crippen LogP contribution is 2.36. The van der Waals surface area contributed by atoms with Crippen molar-refractivity contribution in [3.8, 4) is 0 Å². The number of nitrogens with zero attached hydrogens (tertiary/aromatic N) is 1. The van der Waals surface area contributed by atoms with Crippen molar-refractivity contribution in [1.82, 2.24) is 4.90 Å². The Labute approximate surface area is 106 Å². The van der Waals surface area contributed by atoms with Gasteiger partial charge in [0.1, 0.15) is 0 Å². The molecule has 102 valence electrons. The molecule has 3 nitrogen and oxygen atoms in total. The van der Waals surface area contributed by atoms with Crippen molar-refractivity contribution in [3.63, 3.8) is 0 Å². The largest absolute Gasteiger partial charge is 0.396 e. The minimum absolute atomic E-state index is 0.0828. The summed E-state index contributed by atoms with van der Waals surface area (Å²) in [6.45, 7) is 8.65. The second kappa shape index (κ2) is 6.17. The lowest BCUT2D eigenvalue weighted by Crippen LogP contribution is -2.46. The van der Waals surface area contributed by atoms with E-state index in [-0.39, 0.29) is 12.0 Å². The van der Waals surface area contributed by atoms with Crippen molar-refractivity contribution in [2.24, 2.45) is 5.41 Å². The maximum atomic E-state index is 9.90. The van der Waals surface area contributed by atoms with Crippen LogP contribution in [0.25, 0.3) is 0 Å². The minimum atomic E-state index is -0.651. The Morgan fingerprint density at radius 3 is 2.18 bits per heavy atom. The zero-order chi connectivity index (χ0) is 12.9. The first-order chi connectivity index (χ1) is 7.91. The van der Waals surface area contributed by atoms with E-state index in [0.717, 1.165) is 25.9 Å². The Balaban J connectivity index is 2.58. The van der Waals surface area contributed by atoms with Gasteiger partial charge < -0.3 is 15.1 Å². The maximum absolute atomic E-state index is 9.90. The Morgan fingerprint density at radius 2 is 1.76 bits per heavy atom. The van der Waals surface area contributed by atoms with Gasteiger partial charge in [-0.3, -0.25) is 0 Å². The minimum Gasteiger partial charge on any atom is -0.396 e. The van der Waals surface area contributed by atoms with Gasteiger partial charge in [-0.1, -0.05) is 26.2 Å². The summed E-state index contributed by atoms with van der Waals surface area (Å²) in [5.41, 5.74) is -0.569. The van der Waals surface area contributed by atoms with E-state index in [2.05, 4.69) is 11.8 Å². The monoisotopic (exact) mass is 243 g/mol. The molecule has 0 spiro atoms. The van der Waals surface area contributed by atoms with E-state index in [1.165, 1.54) is 19.3 Å². The fraction of sp³-hybridized carbons (Fsp3) is 1.00. The van der Waals surface area contributed by atoms with Crippen molar-refractivity contribution in [1.29, 1.82) is 0 Å². The number of likely N-dealkylation sites (N-methyl/N-ethyl adjacent to an activating group) is 1. The fourth-order valence-electron chi connectivity index (χ4n) is 2.97. The van der Waals surface area contributed by atoms with Crippen LogP contribution in [0.1, 0.15) is 52.9 Å². The molecule has 0 aromatic heterocycles. The molecule has 0 heterocycles. The predicted octanol–water partition coefficient (Wildman–Crippen LogP) is 2.02. The summed E-state index contributed by atoms with van der Waals surface area (Å²) in [4.78, 5) is 2.28. The number of aliphatic hydroxyl groups is 2. The molecular formula is C14H29NO2. The van der Waals surface area contributed by atoms with Crippen LogP contribution < -0.4 is 0 Å². The third kappa shape index (κ3) is 4.94. The van der Waals surface area contributed by atoms with Gasteiger partial charge in [0.05, 0.1) is 5.60 Å². The topological polar surface area (TPSA) is 43.7 Å². The van der Waals surface area contributed by atoms with Crippen LogP contribution in [0.2, 0.25) is 0 Å². The van der Waals surface area contributed by atoms with Crippen LogP contribution >= 0.6 is 0 Å². The molecule has 0 aromatic rings. The van der Waals surface area contributed by atoms with Crippen molar-refractivity contribution < 1.29 is 10.2 Å². The molecule has 1 aliphatic rings. The first kappa shape index (κ1) is 14.9. The van der Waals surface area contributed by atoms with Crippen molar-refractivity contribution in [2.45, 2.75) is 58.5 Å². The van der Waals surface area contributed by atoms with Gasteiger partial charge in [-0.2, -0.15) is 0 Å². The standard InChI is InChI=1S/C14H29NO2/c1-4-15(10-13(2,3)17)11-14(12-16)8-6-5-7-9-14/h16-17H,4-12H2,1-3H3. The van der Waals surface area contributed by atoms with E-state index in [9.17, 15) is 10.2 Å². The average Bonchev–Trinajstić information content (AvgIpc) is 2.27. The van der Waals surface area contributed by atoms with Crippen LogP contribution in [0.3, 0.4) is 0 Å². The zero-order valence-corrected chi connectivity index (χ0v) is 11.7. The van der Waals surface area contributed by atoms with E-state index in [4.69, 9.17) is 0 Å². The molecule has 0 aliphatic heterocycles. The summed E-state index contributed by atoms with van der Waals surface area (Å²) in [5, 5.41) is 19.6. The van der Waals surface area contributed by atoms with Crippen molar-refractivity contribution in [3.05, 3.63) is 0 Å². The highest BCUT2D eigenvalue weighted by Gasteiger charge is 2.34. The van der Waals surface area contributed by atoms with E-state index in [1.807, 2.05) is 13.8 Å². The third-order valence-corrected chi connectivity index (χ3v) is 3.87. The molecule has 0 amide bonds. The number of aliphatic hydroxyl groups excluding tert-OH is 1. The summed E-state index contributed by atoms with van der Waals surface area (Å²) in [6.07, 6.45) is 6.04. The first-order valence-corrected chi connectivity index (χ1v) is 6.96. The normalized spacial score (nSPS) is 20.8. The summed E-state index contributed by atoms with van der Waals surface area (Å²) in [7, 11) is 0. The van der Waals surface area contributed by atoms with Crippen LogP contribution in [0.15, 0.2) is 0 Å². The molecule has 0 atom stereocenters. The Hall–Kier alpha value is -0.120. The lowest BCUT2D eigenvalue weighted by Gasteiger charge is -2.41. The molecule has 0 saturated heterocycles. The van der Waals surface area contributed by atoms with Crippen LogP contribution in [0.4, 0.5) is 0 Å². The molecule has 1 fully saturated rings. The maximum Gasteiger partial charge on any atom is 0.0718 e. The number of hydrogen-bond donors (Lipinski definition) is 2. The summed E-state index contributed by atoms with van der Waals surface area (Å²) in [5.74, 6) is 0. The van der Waals surface area contributed by atoms with Gasteiger partial charge in [-0.25, -0.2) is 0 Å². The fourth-order valence-corrected chi connectivity index (χ4v) is 2.97. The molecule has 1 saturated carbocycles. The SMILES string of the molecule is CCN(CC(C)(C)O)CC1(CO)CCCCC1. The van der Waals surface area contributed by atoms with Gasteiger partial charge in [0, 0.05) is 25.1 Å². The Morgan fingerprint density at radius 1 is 1.18 bits per heavy atom. The molecule has 0 bridgehead atoms. The van der Waals surface area contributed by atoms with E-state index >= 15 is 0 Å². The van der Waals surface area contributed by atoms with Crippen LogP contribution in [0, 0.1) is 5.41 Å². The van der Waals surface area contributed by atoms with Gasteiger partial charge in [0.2, 0.25) is 0 Å². The number of hydrogen-bond acceptors (Lipinski definition) is 3. The van der Waals surface area contributed by atoms with Crippen LogP contribution in [0.5, 0.6) is 0 Å². The van der Waals surface area contributed by atoms with Gasteiger partial charge in [-0.15, -0.1) is 0 Å². The molecule has 0 radical (unpaired) electrons. The smallest absolute Gasteiger partial charge is 0.0718 e. The Bertz CT molecular complexity index is 217. The molecular weight excluding hydrogens is 214 g/mol. The first-order valence-electron chi connectivity index (χ1n) is 6.96. The van der Waals surface area contributed by atoms with Gasteiger partial charge in [0.15, 0.2) is 0 Å². The molecule has 1 rings (SSSR count). The van der Waals surface area contributed by atoms with Crippen LogP contribution in [-0.4, -0.2) is 47.0 Å². The molecule has 0 unspecified atom stereocenters. The summed E-state index contributed by atoms with van der Waals surface area (Å²) in [6, 6.07) is 0. The van der Waals surface area contributed by atoms with Crippen molar-refractivity contribution in [2.75, 3.05) is 26.2 Å². The average molecular weight is 243 g/mol. The van der Waals surface area contributed by atoms with E-state index < -0.39 is 5.60 Å². The quantitative estimate of drug-likeness (QED) is 0.750. The molecule has 0 aromatic carbocycles. The molecule has 17 heavy (non-hydrogen) atoms. The van der Waals surface area contributed by atoms with Crippen molar-refractivity contribution >= 4 is 0 Å². The number of rotatable bonds is 6. The highest BCUT2D eigenvalue weighted by molar-refractivity contribution is 4.86. The van der Waals surface area contributed by atoms with E-state index in [0.29, 0.717) is 6.54 Å². The van der Waals surface area contributed by atoms with E-state index in [1.54, 1.807) is 0 Å². The summed E-state index contributed by atoms with van der Waals surface area (Å²) >= 11 is 0. The summed E-state index contributed by atoms with van der Waals surface area (Å²) < 4.78 is 0. The van der Waals surface area contributed by atoms with Crippen LogP contribution in [-0.2, 0) is 0 Å². The second-order valence-electron chi connectivity index (χ2n) is 6.33. The molecule has 3 heteroatoms. The second-order valence-corrected chi connectivity index (χ2v) is 6.33. The molecule has 2 N–H and O–H groups in total. The zero-order valence-electron chi connectivity index (χ0n) is 11.7. The van der Waals surface area contributed by atoms with Gasteiger partial charge in [-0.05, 0) is 33.2 Å². The van der Waals surface area contributed by atoms with Gasteiger partial charge >= 0.3 is 0 Å². The molecule has 1 aliphatic carbocycles. The lowest BCUT2D eigenvalue weighted by molar-refractivity contribution is -0.00335. The van der Waals surface area contributed by atoms with Gasteiger partial charge in [0.25, 0.3) is 0 Å². The predicted molar refractivity (Wildman–Crippen MR) is 71.0 cm³/mol. The lowest BCUT2D eigenvalue weighted by atomic mass is 9.74. The Kier molecular flexibility index (Phi) is 5.42. The highest BCUT2D eigenvalue weighted by atomic mass is 16.3.